The summed E-state index contributed by atoms with van der Waals surface area (Å²) < 4.78 is 41.5. The summed E-state index contributed by atoms with van der Waals surface area (Å²) in [4.78, 5) is 12.8. The van der Waals surface area contributed by atoms with Gasteiger partial charge in [0.15, 0.2) is 15.6 Å². The molecule has 4 N–H and O–H groups in total. The second kappa shape index (κ2) is 9.83. The average molecular weight is 419 g/mol. The Balaban J connectivity index is 2.16. The molecule has 0 atom stereocenters. The van der Waals surface area contributed by atoms with Crippen LogP contribution in [0, 0.1) is 11.2 Å². The number of sulfone groups is 1. The second-order valence-electron chi connectivity index (χ2n) is 6.05. The van der Waals surface area contributed by atoms with Gasteiger partial charge in [-0.25, -0.2) is 12.8 Å². The van der Waals surface area contributed by atoms with Gasteiger partial charge in [0, 0.05) is 23.2 Å². The SMILES string of the molecule is CCS(=O)(=O)CCOc1cccc(C(=O)/C(C=N)=C(\N)Nc2ccc(F)cc2)c1. The van der Waals surface area contributed by atoms with Gasteiger partial charge in [-0.2, -0.15) is 0 Å². The monoisotopic (exact) mass is 419 g/mol. The number of anilines is 1. The summed E-state index contributed by atoms with van der Waals surface area (Å²) in [7, 11) is -3.15. The van der Waals surface area contributed by atoms with E-state index in [0.717, 1.165) is 6.21 Å². The summed E-state index contributed by atoms with van der Waals surface area (Å²) in [6.07, 6.45) is 0.829. The van der Waals surface area contributed by atoms with Crippen LogP contribution >= 0.6 is 0 Å². The Morgan fingerprint density at radius 1 is 1.24 bits per heavy atom. The minimum absolute atomic E-state index is 0.0305. The molecule has 2 aromatic carbocycles. The molecule has 0 bridgehead atoms. The summed E-state index contributed by atoms with van der Waals surface area (Å²) in [6.45, 7) is 1.53. The first kappa shape index (κ1) is 22.1. The van der Waals surface area contributed by atoms with Gasteiger partial charge in [-0.05, 0) is 36.4 Å². The minimum Gasteiger partial charge on any atom is -0.493 e. The Morgan fingerprint density at radius 3 is 2.55 bits per heavy atom. The van der Waals surface area contributed by atoms with E-state index < -0.39 is 21.4 Å². The number of Topliss-reactive ketones (excluding diaryl/α,β-unsaturated/α-hetero) is 1. The van der Waals surface area contributed by atoms with E-state index >= 15 is 0 Å². The molecule has 7 nitrogen and oxygen atoms in total. The zero-order chi connectivity index (χ0) is 21.4. The molecule has 29 heavy (non-hydrogen) atoms. The number of nitrogens with one attached hydrogen (secondary N) is 2. The van der Waals surface area contributed by atoms with Crippen molar-refractivity contribution in [1.82, 2.24) is 0 Å². The molecule has 0 spiro atoms. The van der Waals surface area contributed by atoms with Crippen molar-refractivity contribution in [2.24, 2.45) is 5.73 Å². The molecule has 154 valence electrons. The fourth-order valence-corrected chi connectivity index (χ4v) is 2.96. The van der Waals surface area contributed by atoms with E-state index in [-0.39, 0.29) is 35.1 Å². The van der Waals surface area contributed by atoms with Crippen molar-refractivity contribution < 1.29 is 22.3 Å². The van der Waals surface area contributed by atoms with Gasteiger partial charge < -0.3 is 21.2 Å². The molecule has 0 unspecified atom stereocenters. The highest BCUT2D eigenvalue weighted by Gasteiger charge is 2.16. The number of hydrogen-bond acceptors (Lipinski definition) is 7. The molecule has 2 rings (SSSR count). The van der Waals surface area contributed by atoms with Crippen LogP contribution in [0.1, 0.15) is 17.3 Å². The summed E-state index contributed by atoms with van der Waals surface area (Å²) >= 11 is 0. The van der Waals surface area contributed by atoms with Crippen LogP contribution in [0.15, 0.2) is 59.9 Å². The van der Waals surface area contributed by atoms with E-state index in [4.69, 9.17) is 15.9 Å². The van der Waals surface area contributed by atoms with Crippen LogP contribution in [0.2, 0.25) is 0 Å². The summed E-state index contributed by atoms with van der Waals surface area (Å²) in [5, 5.41) is 10.3. The van der Waals surface area contributed by atoms with E-state index in [2.05, 4.69) is 5.32 Å². The van der Waals surface area contributed by atoms with Crippen molar-refractivity contribution in [3.8, 4) is 5.75 Å². The van der Waals surface area contributed by atoms with Gasteiger partial charge in [-0.15, -0.1) is 0 Å². The van der Waals surface area contributed by atoms with E-state index in [1.54, 1.807) is 19.1 Å². The summed E-state index contributed by atoms with van der Waals surface area (Å²) in [5.74, 6) is -0.748. The van der Waals surface area contributed by atoms with Gasteiger partial charge in [-0.3, -0.25) is 4.79 Å². The Kier molecular flexibility index (Phi) is 7.49. The number of allylic oxidation sites excluding steroid dienone is 1. The van der Waals surface area contributed by atoms with E-state index in [1.165, 1.54) is 36.4 Å². The van der Waals surface area contributed by atoms with Crippen LogP contribution in [0.5, 0.6) is 5.75 Å². The molecule has 0 heterocycles. The third kappa shape index (κ3) is 6.42. The fourth-order valence-electron chi connectivity index (χ4n) is 2.34. The van der Waals surface area contributed by atoms with Crippen molar-refractivity contribution >= 4 is 27.5 Å². The van der Waals surface area contributed by atoms with Crippen LogP contribution in [-0.2, 0) is 9.84 Å². The van der Waals surface area contributed by atoms with Crippen molar-refractivity contribution in [3.05, 3.63) is 71.3 Å². The number of halogens is 1. The highest BCUT2D eigenvalue weighted by atomic mass is 32.2. The highest BCUT2D eigenvalue weighted by molar-refractivity contribution is 7.91. The van der Waals surface area contributed by atoms with E-state index in [1.807, 2.05) is 0 Å². The maximum Gasteiger partial charge on any atom is 0.198 e. The maximum atomic E-state index is 13.0. The molecule has 0 saturated carbocycles. The van der Waals surface area contributed by atoms with Crippen molar-refractivity contribution in [2.45, 2.75) is 6.92 Å². The Morgan fingerprint density at radius 2 is 1.93 bits per heavy atom. The van der Waals surface area contributed by atoms with Gasteiger partial charge >= 0.3 is 0 Å². The number of ketones is 1. The molecule has 0 saturated heterocycles. The summed E-state index contributed by atoms with van der Waals surface area (Å²) in [6, 6.07) is 11.6. The first-order valence-corrected chi connectivity index (χ1v) is 10.6. The van der Waals surface area contributed by atoms with Crippen LogP contribution in [0.4, 0.5) is 10.1 Å². The van der Waals surface area contributed by atoms with Crippen LogP contribution in [0.25, 0.3) is 0 Å². The summed E-state index contributed by atoms with van der Waals surface area (Å²) in [5.41, 5.74) is 6.53. The number of benzene rings is 2. The zero-order valence-corrected chi connectivity index (χ0v) is 16.6. The van der Waals surface area contributed by atoms with Gasteiger partial charge in [0.1, 0.15) is 24.0 Å². The Bertz CT molecular complexity index is 1020. The van der Waals surface area contributed by atoms with Crippen molar-refractivity contribution in [2.75, 3.05) is 23.4 Å². The molecule has 0 aliphatic heterocycles. The lowest BCUT2D eigenvalue weighted by atomic mass is 10.0. The molecule has 2 aromatic rings. The van der Waals surface area contributed by atoms with Crippen LogP contribution in [0.3, 0.4) is 0 Å². The van der Waals surface area contributed by atoms with Crippen molar-refractivity contribution in [3.63, 3.8) is 0 Å². The molecule has 9 heteroatoms. The average Bonchev–Trinajstić information content (AvgIpc) is 2.70. The lowest BCUT2D eigenvalue weighted by Gasteiger charge is -2.11. The number of carbonyl (C=O) groups excluding carboxylic acids is 1. The molecule has 0 fully saturated rings. The lowest BCUT2D eigenvalue weighted by Crippen LogP contribution is -2.19. The van der Waals surface area contributed by atoms with E-state index in [0.29, 0.717) is 11.4 Å². The number of hydrogen-bond donors (Lipinski definition) is 3. The molecule has 0 aliphatic rings. The molecular formula is C20H22FN3O4S. The standard InChI is InChI=1S/C20H22FN3O4S/c1-2-29(26,27)11-10-28-17-5-3-4-14(12-17)19(25)18(13-22)20(23)24-16-8-6-15(21)7-9-16/h3-9,12-13,22,24H,2,10-11,23H2,1H3/b20-18+,22-13?. The number of carbonyl (C=O) groups is 1. The second-order valence-corrected chi connectivity index (χ2v) is 8.52. The quantitative estimate of drug-likeness (QED) is 0.309. The minimum atomic E-state index is -3.15. The molecule has 0 radical (unpaired) electrons. The number of rotatable bonds is 10. The van der Waals surface area contributed by atoms with Gasteiger partial charge in [-0.1, -0.05) is 19.1 Å². The van der Waals surface area contributed by atoms with Gasteiger partial charge in [0.25, 0.3) is 0 Å². The third-order valence-corrected chi connectivity index (χ3v) is 5.67. The normalized spacial score (nSPS) is 12.1. The van der Waals surface area contributed by atoms with Gasteiger partial charge in [0.2, 0.25) is 0 Å². The largest absolute Gasteiger partial charge is 0.493 e. The molecule has 0 aromatic heterocycles. The fraction of sp³-hybridized carbons (Fsp3) is 0.200. The van der Waals surface area contributed by atoms with Crippen LogP contribution in [-0.4, -0.2) is 38.5 Å². The lowest BCUT2D eigenvalue weighted by molar-refractivity contribution is 0.103. The Hall–Kier alpha value is -3.20. The number of nitrogens with two attached hydrogens (primary N) is 1. The number of ether oxygens (including phenoxy) is 1. The third-order valence-electron chi connectivity index (χ3n) is 4.00. The first-order chi connectivity index (χ1) is 13.8. The van der Waals surface area contributed by atoms with Crippen molar-refractivity contribution in [1.29, 1.82) is 5.41 Å². The zero-order valence-electron chi connectivity index (χ0n) is 15.8. The van der Waals surface area contributed by atoms with E-state index in [9.17, 15) is 17.6 Å². The molecule has 0 amide bonds. The Labute approximate surface area is 168 Å². The first-order valence-electron chi connectivity index (χ1n) is 8.76. The molecular weight excluding hydrogens is 397 g/mol. The highest BCUT2D eigenvalue weighted by Crippen LogP contribution is 2.18. The predicted molar refractivity (Wildman–Crippen MR) is 111 cm³/mol. The smallest absolute Gasteiger partial charge is 0.198 e. The van der Waals surface area contributed by atoms with Crippen LogP contribution < -0.4 is 15.8 Å². The predicted octanol–water partition coefficient (Wildman–Crippen LogP) is 2.75. The molecule has 0 aliphatic carbocycles. The topological polar surface area (TPSA) is 122 Å². The maximum absolute atomic E-state index is 13.0. The van der Waals surface area contributed by atoms with Gasteiger partial charge in [0.05, 0.1) is 11.3 Å².